The molecule has 0 aliphatic heterocycles. The summed E-state index contributed by atoms with van der Waals surface area (Å²) in [7, 11) is 1.99. The molecule has 22 heavy (non-hydrogen) atoms. The maximum Gasteiger partial charge on any atom is 0.153 e. The molecular weight excluding hydrogens is 274 g/mol. The van der Waals surface area contributed by atoms with Crippen molar-refractivity contribution in [2.75, 3.05) is 5.32 Å². The van der Waals surface area contributed by atoms with Crippen LogP contribution in [0.1, 0.15) is 49.7 Å². The Morgan fingerprint density at radius 2 is 2.23 bits per heavy atom. The minimum Gasteiger partial charge on any atom is -0.323 e. The Morgan fingerprint density at radius 1 is 1.45 bits per heavy atom. The lowest BCUT2D eigenvalue weighted by Crippen LogP contribution is -2.02. The highest BCUT2D eigenvalue weighted by Gasteiger charge is 2.27. The smallest absolute Gasteiger partial charge is 0.153 e. The second-order valence-corrected chi connectivity index (χ2v) is 5.75. The maximum absolute atomic E-state index is 4.56. The van der Waals surface area contributed by atoms with Gasteiger partial charge in [0.1, 0.15) is 5.82 Å². The molecular formula is C17H21N5. The quantitative estimate of drug-likeness (QED) is 0.909. The van der Waals surface area contributed by atoms with E-state index in [0.29, 0.717) is 11.7 Å². The van der Waals surface area contributed by atoms with E-state index in [9.17, 15) is 0 Å². The molecule has 0 atom stereocenters. The van der Waals surface area contributed by atoms with Gasteiger partial charge in [-0.05, 0) is 38.3 Å². The first kappa shape index (κ1) is 14.5. The van der Waals surface area contributed by atoms with E-state index in [1.807, 2.05) is 37.7 Å². The molecule has 5 heteroatoms. The number of nitrogens with zero attached hydrogens (tertiary/aromatic N) is 4. The van der Waals surface area contributed by atoms with Gasteiger partial charge < -0.3 is 5.32 Å². The molecule has 1 N–H and O–H groups in total. The van der Waals surface area contributed by atoms with Crippen molar-refractivity contribution in [2.45, 2.75) is 32.6 Å². The lowest BCUT2D eigenvalue weighted by molar-refractivity contribution is 0.716. The number of aryl methyl sites for hydroxylation is 1. The van der Waals surface area contributed by atoms with Gasteiger partial charge in [0.15, 0.2) is 11.6 Å². The molecule has 0 aromatic carbocycles. The minimum atomic E-state index is 0.664. The first-order valence-corrected chi connectivity index (χ1v) is 7.55. The van der Waals surface area contributed by atoms with Crippen LogP contribution < -0.4 is 5.32 Å². The van der Waals surface area contributed by atoms with Crippen molar-refractivity contribution in [2.24, 2.45) is 7.05 Å². The fourth-order valence-electron chi connectivity index (χ4n) is 2.46. The van der Waals surface area contributed by atoms with Crippen LogP contribution in [-0.2, 0) is 7.05 Å². The second-order valence-electron chi connectivity index (χ2n) is 5.75. The number of rotatable bonds is 5. The summed E-state index contributed by atoms with van der Waals surface area (Å²) >= 11 is 0. The van der Waals surface area contributed by atoms with Crippen LogP contribution in [0, 0.1) is 0 Å². The van der Waals surface area contributed by atoms with Gasteiger partial charge in [0, 0.05) is 36.5 Å². The van der Waals surface area contributed by atoms with Crippen molar-refractivity contribution in [3.63, 3.8) is 0 Å². The lowest BCUT2D eigenvalue weighted by atomic mass is 10.1. The van der Waals surface area contributed by atoms with Gasteiger partial charge in [0.05, 0.1) is 0 Å². The highest BCUT2D eigenvalue weighted by molar-refractivity contribution is 5.74. The Morgan fingerprint density at radius 3 is 2.86 bits per heavy atom. The molecule has 2 aromatic heterocycles. The average molecular weight is 295 g/mol. The highest BCUT2D eigenvalue weighted by atomic mass is 15.3. The number of anilines is 2. The molecule has 114 valence electrons. The zero-order valence-corrected chi connectivity index (χ0v) is 13.3. The van der Waals surface area contributed by atoms with Crippen LogP contribution in [0.4, 0.5) is 11.6 Å². The van der Waals surface area contributed by atoms with Crippen molar-refractivity contribution >= 4 is 23.3 Å². The topological polar surface area (TPSA) is 55.6 Å². The van der Waals surface area contributed by atoms with Crippen LogP contribution in [0.15, 0.2) is 24.9 Å². The van der Waals surface area contributed by atoms with Gasteiger partial charge in [0.25, 0.3) is 0 Å². The highest BCUT2D eigenvalue weighted by Crippen LogP contribution is 2.40. The molecule has 1 saturated carbocycles. The van der Waals surface area contributed by atoms with Crippen LogP contribution in [0.3, 0.4) is 0 Å². The Kier molecular flexibility index (Phi) is 3.79. The molecule has 1 fully saturated rings. The second kappa shape index (κ2) is 5.75. The van der Waals surface area contributed by atoms with E-state index in [4.69, 9.17) is 0 Å². The van der Waals surface area contributed by atoms with E-state index in [0.717, 1.165) is 22.8 Å². The number of aromatic nitrogens is 4. The van der Waals surface area contributed by atoms with Crippen molar-refractivity contribution in [3.05, 3.63) is 42.0 Å². The minimum absolute atomic E-state index is 0.664. The first-order chi connectivity index (χ1) is 10.6. The van der Waals surface area contributed by atoms with Gasteiger partial charge in [-0.3, -0.25) is 4.68 Å². The normalized spacial score (nSPS) is 14.5. The van der Waals surface area contributed by atoms with E-state index < -0.39 is 0 Å². The van der Waals surface area contributed by atoms with Crippen molar-refractivity contribution in [1.29, 1.82) is 0 Å². The Labute approximate surface area is 130 Å². The van der Waals surface area contributed by atoms with E-state index >= 15 is 0 Å². The summed E-state index contributed by atoms with van der Waals surface area (Å²) in [5, 5.41) is 7.86. The number of hydrogen-bond acceptors (Lipinski definition) is 4. The zero-order chi connectivity index (χ0) is 15.7. The summed E-state index contributed by atoms with van der Waals surface area (Å²) in [5.41, 5.74) is 3.11. The van der Waals surface area contributed by atoms with Crippen LogP contribution in [0.25, 0.3) is 11.6 Å². The molecule has 0 bridgehead atoms. The molecule has 0 spiro atoms. The molecule has 1 aliphatic rings. The molecule has 0 amide bonds. The fraction of sp³-hybridized carbons (Fsp3) is 0.353. The third kappa shape index (κ3) is 2.93. The summed E-state index contributed by atoms with van der Waals surface area (Å²) in [6.45, 7) is 7.90. The van der Waals surface area contributed by atoms with Crippen LogP contribution in [-0.4, -0.2) is 19.7 Å². The summed E-state index contributed by atoms with van der Waals surface area (Å²) < 4.78 is 1.95. The number of hydrogen-bond donors (Lipinski definition) is 1. The van der Waals surface area contributed by atoms with E-state index in [1.165, 1.54) is 18.5 Å². The third-order valence-electron chi connectivity index (χ3n) is 3.74. The van der Waals surface area contributed by atoms with Gasteiger partial charge in [-0.1, -0.05) is 12.7 Å². The van der Waals surface area contributed by atoms with Gasteiger partial charge in [0.2, 0.25) is 0 Å². The van der Waals surface area contributed by atoms with Crippen molar-refractivity contribution in [3.8, 4) is 0 Å². The Bertz CT molecular complexity index is 738. The lowest BCUT2D eigenvalue weighted by Gasteiger charge is -2.09. The molecule has 0 radical (unpaired) electrons. The largest absolute Gasteiger partial charge is 0.323 e. The monoisotopic (exact) mass is 295 g/mol. The summed E-state index contributed by atoms with van der Waals surface area (Å²) in [5.74, 6) is 2.90. The van der Waals surface area contributed by atoms with Crippen LogP contribution >= 0.6 is 0 Å². The Balaban J connectivity index is 1.93. The molecule has 1 aliphatic carbocycles. The summed E-state index contributed by atoms with van der Waals surface area (Å²) in [6.07, 6.45) is 8.12. The van der Waals surface area contributed by atoms with Crippen LogP contribution in [0.2, 0.25) is 0 Å². The van der Waals surface area contributed by atoms with E-state index in [-0.39, 0.29) is 0 Å². The standard InChI is InChI=1S/C17H21N5/c1-5-6-15-18-10-13(11(2)3)17(19-15)20-16-9-14(12-7-8-12)22(4)21-16/h5-6,9-10,12H,2,7-8H2,1,3-4H3,(H,18,19,20,21)/b6-5+. The molecule has 0 unspecified atom stereocenters. The SMILES string of the molecule is C=C(C)c1cnc(/C=C/C)nc1Nc1cc(C2CC2)n(C)n1. The number of allylic oxidation sites excluding steroid dienone is 2. The van der Waals surface area contributed by atoms with Gasteiger partial charge in [-0.25, -0.2) is 9.97 Å². The molecule has 5 nitrogen and oxygen atoms in total. The zero-order valence-electron chi connectivity index (χ0n) is 13.3. The summed E-state index contributed by atoms with van der Waals surface area (Å²) in [4.78, 5) is 8.89. The van der Waals surface area contributed by atoms with Gasteiger partial charge in [-0.15, -0.1) is 0 Å². The van der Waals surface area contributed by atoms with Gasteiger partial charge >= 0.3 is 0 Å². The molecule has 3 rings (SSSR count). The predicted molar refractivity (Wildman–Crippen MR) is 89.9 cm³/mol. The van der Waals surface area contributed by atoms with E-state index in [2.05, 4.69) is 33.0 Å². The maximum atomic E-state index is 4.56. The first-order valence-electron chi connectivity index (χ1n) is 7.55. The van der Waals surface area contributed by atoms with Crippen LogP contribution in [0.5, 0.6) is 0 Å². The average Bonchev–Trinajstić information content (AvgIpc) is 3.24. The number of nitrogens with one attached hydrogen (secondary N) is 1. The summed E-state index contributed by atoms with van der Waals surface area (Å²) in [6, 6.07) is 2.11. The van der Waals surface area contributed by atoms with E-state index in [1.54, 1.807) is 6.20 Å². The predicted octanol–water partition coefficient (Wildman–Crippen LogP) is 3.90. The van der Waals surface area contributed by atoms with Crippen molar-refractivity contribution < 1.29 is 0 Å². The Hall–Kier alpha value is -2.43. The molecule has 2 aromatic rings. The molecule has 2 heterocycles. The third-order valence-corrected chi connectivity index (χ3v) is 3.74. The fourth-order valence-corrected chi connectivity index (χ4v) is 2.46. The van der Waals surface area contributed by atoms with Crippen molar-refractivity contribution in [1.82, 2.24) is 19.7 Å². The van der Waals surface area contributed by atoms with Gasteiger partial charge in [-0.2, -0.15) is 5.10 Å². The molecule has 0 saturated heterocycles.